The van der Waals surface area contributed by atoms with Crippen molar-refractivity contribution in [1.29, 1.82) is 0 Å². The van der Waals surface area contributed by atoms with Crippen LogP contribution in [0.25, 0.3) is 11.0 Å². The van der Waals surface area contributed by atoms with Crippen molar-refractivity contribution in [2.45, 2.75) is 19.5 Å². The van der Waals surface area contributed by atoms with Gasteiger partial charge >= 0.3 is 0 Å². The molecule has 0 saturated heterocycles. The van der Waals surface area contributed by atoms with E-state index < -0.39 is 0 Å². The highest BCUT2D eigenvalue weighted by molar-refractivity contribution is 7.10. The Bertz CT molecular complexity index is 668. The van der Waals surface area contributed by atoms with E-state index in [1.165, 1.54) is 10.4 Å². The fourth-order valence-electron chi connectivity index (χ4n) is 2.25. The number of imidazole rings is 1. The summed E-state index contributed by atoms with van der Waals surface area (Å²) in [6.07, 6.45) is 1.87. The molecule has 3 rings (SSSR count). The SMILES string of the molecule is Cc1sccc1C(N)Cn1cnc2ccccc21. The smallest absolute Gasteiger partial charge is 0.0958 e. The molecule has 2 aromatic heterocycles. The standard InChI is InChI=1S/C14H15N3S/c1-10-11(6-7-18-10)12(15)8-17-9-16-13-4-2-3-5-14(13)17/h2-7,9,12H,8,15H2,1H3. The molecule has 3 aromatic rings. The molecule has 0 spiro atoms. The molecule has 1 atom stereocenters. The molecule has 4 heteroatoms. The zero-order valence-corrected chi connectivity index (χ0v) is 11.0. The Kier molecular flexibility index (Phi) is 2.89. The second-order valence-electron chi connectivity index (χ2n) is 4.42. The molecule has 2 N–H and O–H groups in total. The van der Waals surface area contributed by atoms with Crippen LogP contribution in [0.3, 0.4) is 0 Å². The highest BCUT2D eigenvalue weighted by Crippen LogP contribution is 2.23. The van der Waals surface area contributed by atoms with Crippen molar-refractivity contribution in [1.82, 2.24) is 9.55 Å². The summed E-state index contributed by atoms with van der Waals surface area (Å²) in [6, 6.07) is 10.3. The number of nitrogens with two attached hydrogens (primary N) is 1. The number of hydrogen-bond acceptors (Lipinski definition) is 3. The number of nitrogens with zero attached hydrogens (tertiary/aromatic N) is 2. The van der Waals surface area contributed by atoms with Crippen LogP contribution in [-0.2, 0) is 6.54 Å². The minimum Gasteiger partial charge on any atom is -0.329 e. The molecule has 0 aliphatic carbocycles. The van der Waals surface area contributed by atoms with Gasteiger partial charge in [0.2, 0.25) is 0 Å². The molecule has 1 aromatic carbocycles. The van der Waals surface area contributed by atoms with E-state index in [9.17, 15) is 0 Å². The Morgan fingerprint density at radius 2 is 2.17 bits per heavy atom. The second-order valence-corrected chi connectivity index (χ2v) is 5.54. The second kappa shape index (κ2) is 4.55. The first-order valence-electron chi connectivity index (χ1n) is 5.95. The Balaban J connectivity index is 1.91. The number of aromatic nitrogens is 2. The van der Waals surface area contributed by atoms with Gasteiger partial charge in [0, 0.05) is 17.5 Å². The number of aryl methyl sites for hydroxylation is 1. The van der Waals surface area contributed by atoms with Crippen LogP contribution in [0, 0.1) is 6.92 Å². The van der Waals surface area contributed by atoms with Gasteiger partial charge in [-0.3, -0.25) is 0 Å². The molecular formula is C14H15N3S. The summed E-state index contributed by atoms with van der Waals surface area (Å²) in [7, 11) is 0. The minimum absolute atomic E-state index is 0.0221. The summed E-state index contributed by atoms with van der Waals surface area (Å²) in [4.78, 5) is 5.68. The monoisotopic (exact) mass is 257 g/mol. The van der Waals surface area contributed by atoms with E-state index in [1.807, 2.05) is 24.5 Å². The highest BCUT2D eigenvalue weighted by atomic mass is 32.1. The third-order valence-corrected chi connectivity index (χ3v) is 4.08. The molecular weight excluding hydrogens is 242 g/mol. The summed E-state index contributed by atoms with van der Waals surface area (Å²) in [5.74, 6) is 0. The van der Waals surface area contributed by atoms with Gasteiger partial charge in [0.1, 0.15) is 0 Å². The van der Waals surface area contributed by atoms with Crippen LogP contribution in [-0.4, -0.2) is 9.55 Å². The predicted molar refractivity (Wildman–Crippen MR) is 75.7 cm³/mol. The molecule has 0 saturated carbocycles. The summed E-state index contributed by atoms with van der Waals surface area (Å²) in [5.41, 5.74) is 9.67. The van der Waals surface area contributed by atoms with Crippen molar-refractivity contribution >= 4 is 22.4 Å². The van der Waals surface area contributed by atoms with E-state index in [2.05, 4.69) is 34.0 Å². The maximum absolute atomic E-state index is 6.28. The maximum Gasteiger partial charge on any atom is 0.0958 e. The molecule has 92 valence electrons. The van der Waals surface area contributed by atoms with Crippen LogP contribution in [0.4, 0.5) is 0 Å². The van der Waals surface area contributed by atoms with Crippen LogP contribution in [0.5, 0.6) is 0 Å². The van der Waals surface area contributed by atoms with Gasteiger partial charge in [0.15, 0.2) is 0 Å². The van der Waals surface area contributed by atoms with Crippen molar-refractivity contribution < 1.29 is 0 Å². The molecule has 0 radical (unpaired) electrons. The van der Waals surface area contributed by atoms with E-state index in [0.29, 0.717) is 0 Å². The van der Waals surface area contributed by atoms with Gasteiger partial charge in [-0.15, -0.1) is 11.3 Å². The molecule has 0 aliphatic heterocycles. The minimum atomic E-state index is 0.0221. The summed E-state index contributed by atoms with van der Waals surface area (Å²) >= 11 is 1.74. The number of thiophene rings is 1. The van der Waals surface area contributed by atoms with Gasteiger partial charge in [0.05, 0.1) is 17.4 Å². The zero-order valence-electron chi connectivity index (χ0n) is 10.2. The van der Waals surface area contributed by atoms with E-state index in [0.717, 1.165) is 17.6 Å². The molecule has 0 bridgehead atoms. The van der Waals surface area contributed by atoms with E-state index in [4.69, 9.17) is 5.73 Å². The fourth-order valence-corrected chi connectivity index (χ4v) is 3.02. The van der Waals surface area contributed by atoms with Crippen LogP contribution < -0.4 is 5.73 Å². The van der Waals surface area contributed by atoms with Crippen molar-refractivity contribution in [3.63, 3.8) is 0 Å². The van der Waals surface area contributed by atoms with Gasteiger partial charge in [-0.05, 0) is 36.1 Å². The fraction of sp³-hybridized carbons (Fsp3) is 0.214. The Hall–Kier alpha value is -1.65. The van der Waals surface area contributed by atoms with Crippen LogP contribution in [0.15, 0.2) is 42.0 Å². The van der Waals surface area contributed by atoms with Gasteiger partial charge in [-0.1, -0.05) is 12.1 Å². The van der Waals surface area contributed by atoms with Gasteiger partial charge in [0.25, 0.3) is 0 Å². The lowest BCUT2D eigenvalue weighted by molar-refractivity contribution is 0.588. The van der Waals surface area contributed by atoms with Gasteiger partial charge < -0.3 is 10.3 Å². The van der Waals surface area contributed by atoms with Gasteiger partial charge in [-0.2, -0.15) is 0 Å². The lowest BCUT2D eigenvalue weighted by Crippen LogP contribution is -2.17. The van der Waals surface area contributed by atoms with Crippen molar-refractivity contribution in [3.05, 3.63) is 52.5 Å². The number of para-hydroxylation sites is 2. The largest absolute Gasteiger partial charge is 0.329 e. The van der Waals surface area contributed by atoms with E-state index >= 15 is 0 Å². The first-order valence-corrected chi connectivity index (χ1v) is 6.83. The molecule has 2 heterocycles. The maximum atomic E-state index is 6.28. The normalized spacial score (nSPS) is 13.0. The summed E-state index contributed by atoms with van der Waals surface area (Å²) < 4.78 is 2.12. The third-order valence-electron chi connectivity index (χ3n) is 3.22. The van der Waals surface area contributed by atoms with Crippen LogP contribution in [0.2, 0.25) is 0 Å². The quantitative estimate of drug-likeness (QED) is 0.783. The molecule has 0 aliphatic rings. The van der Waals surface area contributed by atoms with Gasteiger partial charge in [-0.25, -0.2) is 4.98 Å². The predicted octanol–water partition coefficient (Wildman–Crippen LogP) is 3.11. The average molecular weight is 257 g/mol. The highest BCUT2D eigenvalue weighted by Gasteiger charge is 2.12. The number of benzene rings is 1. The van der Waals surface area contributed by atoms with Crippen molar-refractivity contribution in [2.24, 2.45) is 5.73 Å². The summed E-state index contributed by atoms with van der Waals surface area (Å²) in [5, 5.41) is 2.09. The lowest BCUT2D eigenvalue weighted by Gasteiger charge is -2.13. The Labute approximate surface area is 110 Å². The lowest BCUT2D eigenvalue weighted by atomic mass is 10.1. The average Bonchev–Trinajstić information content (AvgIpc) is 2.97. The van der Waals surface area contributed by atoms with Crippen molar-refractivity contribution in [2.75, 3.05) is 0 Å². The first kappa shape index (κ1) is 11.4. The Morgan fingerprint density at radius 1 is 1.33 bits per heavy atom. The molecule has 0 amide bonds. The number of rotatable bonds is 3. The van der Waals surface area contributed by atoms with E-state index in [1.54, 1.807) is 11.3 Å². The zero-order chi connectivity index (χ0) is 12.5. The van der Waals surface area contributed by atoms with Crippen LogP contribution in [0.1, 0.15) is 16.5 Å². The summed E-state index contributed by atoms with van der Waals surface area (Å²) in [6.45, 7) is 2.88. The first-order chi connectivity index (χ1) is 8.75. The topological polar surface area (TPSA) is 43.8 Å². The van der Waals surface area contributed by atoms with Crippen molar-refractivity contribution in [3.8, 4) is 0 Å². The third kappa shape index (κ3) is 1.94. The Morgan fingerprint density at radius 3 is 2.94 bits per heavy atom. The molecule has 3 nitrogen and oxygen atoms in total. The molecule has 18 heavy (non-hydrogen) atoms. The van der Waals surface area contributed by atoms with E-state index in [-0.39, 0.29) is 6.04 Å². The van der Waals surface area contributed by atoms with Crippen LogP contribution >= 0.6 is 11.3 Å². The number of fused-ring (bicyclic) bond motifs is 1. The number of hydrogen-bond donors (Lipinski definition) is 1. The molecule has 1 unspecified atom stereocenters. The molecule has 0 fully saturated rings.